The number of anilines is 2. The summed E-state index contributed by atoms with van der Waals surface area (Å²) in [4.78, 5) is 28.4. The molecule has 0 spiro atoms. The molecule has 0 saturated heterocycles. The maximum atomic E-state index is 13.7. The van der Waals surface area contributed by atoms with Crippen LogP contribution in [0, 0.1) is 5.82 Å². The Morgan fingerprint density at radius 3 is 2.41 bits per heavy atom. The van der Waals surface area contributed by atoms with Crippen molar-refractivity contribution < 1.29 is 32.3 Å². The molecule has 7 nitrogen and oxygen atoms in total. The summed E-state index contributed by atoms with van der Waals surface area (Å²) in [6, 6.07) is 6.23. The number of carbonyl (C=O) groups excluding carboxylic acids is 2. The number of thiazole rings is 1. The van der Waals surface area contributed by atoms with Gasteiger partial charge in [-0.1, -0.05) is 11.3 Å². The zero-order valence-corrected chi connectivity index (χ0v) is 18.6. The fourth-order valence-corrected chi connectivity index (χ4v) is 4.36. The van der Waals surface area contributed by atoms with Gasteiger partial charge >= 0.3 is 12.2 Å². The molecule has 1 atom stereocenters. The van der Waals surface area contributed by atoms with Crippen molar-refractivity contribution >= 4 is 60.2 Å². The lowest BCUT2D eigenvalue weighted by atomic mass is 9.92. The minimum absolute atomic E-state index is 0.0472. The van der Waals surface area contributed by atoms with Gasteiger partial charge in [-0.25, -0.2) is 14.2 Å². The van der Waals surface area contributed by atoms with Crippen molar-refractivity contribution in [1.29, 1.82) is 0 Å². The number of aromatic nitrogens is 1. The second-order valence-electron chi connectivity index (χ2n) is 6.48. The van der Waals surface area contributed by atoms with Crippen molar-refractivity contribution in [3.63, 3.8) is 0 Å². The number of urea groups is 1. The van der Waals surface area contributed by atoms with Crippen molar-refractivity contribution in [2.75, 3.05) is 17.2 Å². The molecule has 32 heavy (non-hydrogen) atoms. The highest BCUT2D eigenvalue weighted by molar-refractivity contribution is 9.10. The van der Waals surface area contributed by atoms with Crippen LogP contribution in [0.2, 0.25) is 0 Å². The van der Waals surface area contributed by atoms with Crippen LogP contribution in [0.25, 0.3) is 10.2 Å². The maximum absolute atomic E-state index is 13.7. The molecule has 0 bridgehead atoms. The fourth-order valence-electron chi connectivity index (χ4n) is 2.76. The van der Waals surface area contributed by atoms with Crippen molar-refractivity contribution in [2.24, 2.45) is 0 Å². The van der Waals surface area contributed by atoms with E-state index in [2.05, 4.69) is 31.5 Å². The molecule has 3 aromatic rings. The smallest absolute Gasteiger partial charge is 0.369 e. The Labute approximate surface area is 191 Å². The summed E-state index contributed by atoms with van der Waals surface area (Å²) in [6.45, 7) is 1.31. The molecule has 0 radical (unpaired) electrons. The highest BCUT2D eigenvalue weighted by atomic mass is 79.9. The van der Waals surface area contributed by atoms with Gasteiger partial charge in [-0.05, 0) is 59.3 Å². The van der Waals surface area contributed by atoms with Crippen molar-refractivity contribution in [3.8, 4) is 0 Å². The summed E-state index contributed by atoms with van der Waals surface area (Å²) in [6.07, 6.45) is -5.29. The Morgan fingerprint density at radius 2 is 1.81 bits per heavy atom. The number of alkyl halides is 3. The largest absolute Gasteiger partial charge is 0.430 e. The Balaban J connectivity index is 1.92. The maximum Gasteiger partial charge on any atom is 0.430 e. The number of hydrogen-bond donors (Lipinski definition) is 4. The molecule has 0 aliphatic carbocycles. The molecule has 0 saturated carbocycles. The number of benzene rings is 2. The molecular weight excluding hydrogens is 520 g/mol. The lowest BCUT2D eigenvalue weighted by molar-refractivity contribution is -0.256. The number of nitrogens with one attached hydrogen (secondary N) is 3. The average Bonchev–Trinajstić information content (AvgIpc) is 3.11. The molecule has 4 N–H and O–H groups in total. The summed E-state index contributed by atoms with van der Waals surface area (Å²) in [7, 11) is 0. The van der Waals surface area contributed by atoms with Crippen LogP contribution in [-0.2, 0) is 10.4 Å². The molecular formula is C19H15BrF4N4O3S. The van der Waals surface area contributed by atoms with Gasteiger partial charge in [-0.15, -0.1) is 0 Å². The Bertz CT molecular complexity index is 1170. The number of aliphatic hydroxyl groups is 1. The van der Waals surface area contributed by atoms with E-state index in [0.29, 0.717) is 5.69 Å². The second-order valence-corrected chi connectivity index (χ2v) is 8.36. The van der Waals surface area contributed by atoms with Crippen LogP contribution in [0.15, 0.2) is 40.9 Å². The van der Waals surface area contributed by atoms with Gasteiger partial charge in [-0.3, -0.25) is 10.1 Å². The van der Waals surface area contributed by atoms with Crippen LogP contribution >= 0.6 is 27.3 Å². The average molecular weight is 535 g/mol. The monoisotopic (exact) mass is 534 g/mol. The van der Waals surface area contributed by atoms with Crippen LogP contribution < -0.4 is 16.0 Å². The summed E-state index contributed by atoms with van der Waals surface area (Å²) < 4.78 is 54.3. The Hall–Kier alpha value is -2.77. The van der Waals surface area contributed by atoms with Gasteiger partial charge in [0.05, 0.1) is 10.2 Å². The van der Waals surface area contributed by atoms with E-state index in [1.807, 2.05) is 5.32 Å². The normalized spacial score (nSPS) is 13.5. The van der Waals surface area contributed by atoms with Gasteiger partial charge in [0, 0.05) is 22.3 Å². The summed E-state index contributed by atoms with van der Waals surface area (Å²) in [5, 5.41) is 17.3. The highest BCUT2D eigenvalue weighted by Gasteiger charge is 2.60. The standard InChI is InChI=1S/C19H15BrF4N4O3S/c1-2-25-15(29)18(31,19(22,23)24)9-7-12(20)14-13(8-9)32-17(27-14)28-16(30)26-11-5-3-10(21)4-6-11/h3-8,31H,2H2,1H3,(H,25,29)(H2,26,27,28,30)/t18-/m0/s1. The number of nitrogens with zero attached hydrogens (tertiary/aromatic N) is 1. The quantitative estimate of drug-likeness (QED) is 0.355. The van der Waals surface area contributed by atoms with E-state index in [4.69, 9.17) is 0 Å². The number of fused-ring (bicyclic) bond motifs is 1. The SMILES string of the molecule is CCNC(=O)[C@@](O)(c1cc(Br)c2nc(NC(=O)Nc3ccc(F)cc3)sc2c1)C(F)(F)F. The van der Waals surface area contributed by atoms with Crippen molar-refractivity contribution in [2.45, 2.75) is 18.7 Å². The first kappa shape index (κ1) is 23.9. The van der Waals surface area contributed by atoms with Gasteiger partial charge in [0.1, 0.15) is 5.82 Å². The second kappa shape index (κ2) is 9.00. The summed E-state index contributed by atoms with van der Waals surface area (Å²) in [5.74, 6) is -2.09. The predicted octanol–water partition coefficient (Wildman–Crippen LogP) is 4.73. The third-order valence-corrected chi connectivity index (χ3v) is 5.79. The molecule has 3 rings (SSSR count). The molecule has 1 aromatic heterocycles. The number of hydrogen-bond acceptors (Lipinski definition) is 5. The van der Waals surface area contributed by atoms with Crippen LogP contribution in [0.3, 0.4) is 0 Å². The minimum Gasteiger partial charge on any atom is -0.369 e. The molecule has 170 valence electrons. The number of halogens is 5. The number of likely N-dealkylation sites (N-methyl/N-ethyl adjacent to an activating group) is 1. The fraction of sp³-hybridized carbons (Fsp3) is 0.211. The summed E-state index contributed by atoms with van der Waals surface area (Å²) in [5.41, 5.74) is -3.96. The predicted molar refractivity (Wildman–Crippen MR) is 115 cm³/mol. The Kier molecular flexibility index (Phi) is 6.72. The highest BCUT2D eigenvalue weighted by Crippen LogP contribution is 2.43. The van der Waals surface area contributed by atoms with Crippen molar-refractivity contribution in [3.05, 3.63) is 52.3 Å². The zero-order chi connectivity index (χ0) is 23.7. The number of amides is 3. The van der Waals surface area contributed by atoms with Gasteiger partial charge in [0.2, 0.25) is 0 Å². The topological polar surface area (TPSA) is 103 Å². The third-order valence-electron chi connectivity index (χ3n) is 4.26. The molecule has 2 aromatic carbocycles. The first-order valence-electron chi connectivity index (χ1n) is 8.97. The molecule has 0 unspecified atom stereocenters. The number of carbonyl (C=O) groups is 2. The summed E-state index contributed by atoms with van der Waals surface area (Å²) >= 11 is 3.94. The van der Waals surface area contributed by atoms with E-state index in [-0.39, 0.29) is 26.4 Å². The lowest BCUT2D eigenvalue weighted by Crippen LogP contribution is -2.54. The van der Waals surface area contributed by atoms with Crippen LogP contribution in [0.5, 0.6) is 0 Å². The first-order valence-corrected chi connectivity index (χ1v) is 10.6. The lowest BCUT2D eigenvalue weighted by Gasteiger charge is -2.29. The van der Waals surface area contributed by atoms with E-state index in [1.165, 1.54) is 19.1 Å². The van der Waals surface area contributed by atoms with Gasteiger partial charge in [-0.2, -0.15) is 13.2 Å². The van der Waals surface area contributed by atoms with Crippen LogP contribution in [0.1, 0.15) is 12.5 Å². The Morgan fingerprint density at radius 1 is 1.16 bits per heavy atom. The van der Waals surface area contributed by atoms with Gasteiger partial charge in [0.15, 0.2) is 5.13 Å². The molecule has 0 aliphatic rings. The van der Waals surface area contributed by atoms with E-state index in [0.717, 1.165) is 35.6 Å². The van der Waals surface area contributed by atoms with E-state index >= 15 is 0 Å². The van der Waals surface area contributed by atoms with Gasteiger partial charge in [0.25, 0.3) is 11.5 Å². The minimum atomic E-state index is -5.29. The van der Waals surface area contributed by atoms with Crippen LogP contribution in [-0.4, -0.2) is 34.7 Å². The van der Waals surface area contributed by atoms with E-state index in [9.17, 15) is 32.3 Å². The van der Waals surface area contributed by atoms with Crippen molar-refractivity contribution in [1.82, 2.24) is 10.3 Å². The third kappa shape index (κ3) is 4.69. The van der Waals surface area contributed by atoms with E-state index in [1.54, 1.807) is 0 Å². The molecule has 0 fully saturated rings. The zero-order valence-electron chi connectivity index (χ0n) is 16.2. The molecule has 0 aliphatic heterocycles. The van der Waals surface area contributed by atoms with E-state index < -0.39 is 35.1 Å². The molecule has 1 heterocycles. The van der Waals surface area contributed by atoms with Gasteiger partial charge < -0.3 is 15.7 Å². The molecule has 13 heteroatoms. The first-order chi connectivity index (χ1) is 15.0. The number of rotatable bonds is 5. The molecule has 3 amide bonds. The van der Waals surface area contributed by atoms with Crippen LogP contribution in [0.4, 0.5) is 33.2 Å².